The quantitative estimate of drug-likeness (QED) is 0.00674. The largest absolute Gasteiger partial charge is 0.370 e. The molecule has 1 aromatic heterocycles. The predicted molar refractivity (Wildman–Crippen MR) is 296 cm³/mol. The van der Waals surface area contributed by atoms with E-state index < -0.39 is 102 Å². The lowest BCUT2D eigenvalue weighted by molar-refractivity contribution is -0.134. The van der Waals surface area contributed by atoms with E-state index in [-0.39, 0.29) is 74.4 Å². The van der Waals surface area contributed by atoms with E-state index in [1.54, 1.807) is 36.5 Å². The number of guanidine groups is 2. The summed E-state index contributed by atoms with van der Waals surface area (Å²) in [6, 6.07) is 7.15. The number of nitrogens with two attached hydrogens (primary N) is 6. The fraction of sp³-hybridized carbons (Fsp3) is 0.458. The number of aldehydes is 2. The fourth-order valence-electron chi connectivity index (χ4n) is 7.02. The highest BCUT2D eigenvalue weighted by atomic mass is 32.1. The molecule has 3 rings (SSSR count). The zero-order valence-corrected chi connectivity index (χ0v) is 44.5. The van der Waals surface area contributed by atoms with Gasteiger partial charge in [0.05, 0.1) is 18.1 Å². The van der Waals surface area contributed by atoms with E-state index in [4.69, 9.17) is 37.1 Å². The van der Waals surface area contributed by atoms with Gasteiger partial charge in [0.25, 0.3) is 0 Å². The van der Waals surface area contributed by atoms with Gasteiger partial charge in [-0.05, 0) is 56.2 Å². The summed E-state index contributed by atoms with van der Waals surface area (Å²) in [7, 11) is 0. The molecular weight excluding hydrogens is 1040 g/mol. The number of rotatable bonds is 34. The summed E-state index contributed by atoms with van der Waals surface area (Å²) >= 11 is 8.00. The number of H-pyrrole nitrogens is 1. The lowest BCUT2D eigenvalue weighted by Gasteiger charge is -2.27. The van der Waals surface area contributed by atoms with Gasteiger partial charge in [0.1, 0.15) is 45.5 Å². The lowest BCUT2D eigenvalue weighted by Crippen LogP contribution is -2.60. The van der Waals surface area contributed by atoms with E-state index in [1.165, 1.54) is 13.8 Å². The summed E-state index contributed by atoms with van der Waals surface area (Å²) in [4.78, 5) is 135. The van der Waals surface area contributed by atoms with E-state index in [9.17, 15) is 47.9 Å². The van der Waals surface area contributed by atoms with Crippen LogP contribution in [0.5, 0.6) is 0 Å². The number of carbonyl (C=O) groups is 10. The summed E-state index contributed by atoms with van der Waals surface area (Å²) in [5.41, 5.74) is 39.3. The number of aliphatic imine (C=N–C) groups is 2. The Hall–Kier alpha value is -7.76. The van der Waals surface area contributed by atoms with Crippen LogP contribution < -0.4 is 77.2 Å². The SMILES string of the molecule is [2H]C(=O)[C@H](CCC(N)=O)NN[C@@H](C)C(=O)NC(Cc1ccccc1)C(=O)N[C@@H](CCCN=C(N)N)C(=O)NC(Cc1c[nH]c2ccccc12)C(=O)N[C@@H](CS)C(N)=O.[2H]C(=O)[C@H](CS)NC(=O)[C@H](CCCN=C(N)N)NC(C)=O. The van der Waals surface area contributed by atoms with Gasteiger partial charge < -0.3 is 80.9 Å². The smallest absolute Gasteiger partial charge is 0.243 e. The Morgan fingerprint density at radius 3 is 1.65 bits per heavy atom. The molecule has 0 fully saturated rings. The van der Waals surface area contributed by atoms with Crippen molar-refractivity contribution in [2.45, 2.75) is 114 Å². The van der Waals surface area contributed by atoms with Crippen molar-refractivity contribution in [3.05, 3.63) is 71.9 Å². The molecule has 422 valence electrons. The van der Waals surface area contributed by atoms with E-state index in [0.717, 1.165) is 10.9 Å². The summed E-state index contributed by atoms with van der Waals surface area (Å²) in [6.07, 6.45) is 0.409. The van der Waals surface area contributed by atoms with Crippen LogP contribution in [0.15, 0.2) is 70.8 Å². The molecule has 8 amide bonds. The molecule has 3 aromatic rings. The van der Waals surface area contributed by atoms with Crippen LogP contribution in [0.25, 0.3) is 10.9 Å². The van der Waals surface area contributed by atoms with Crippen LogP contribution in [0.2, 0.25) is 0 Å². The van der Waals surface area contributed by atoms with Gasteiger partial charge in [0, 0.05) is 67.9 Å². The number of hydrogen-bond acceptors (Lipinski definition) is 16. The molecule has 0 saturated carbocycles. The topological polar surface area (TPSA) is 464 Å². The molecule has 0 aliphatic rings. The molecular formula is C48H73N17O10S2. The van der Waals surface area contributed by atoms with Gasteiger partial charge in [-0.1, -0.05) is 48.5 Å². The van der Waals surface area contributed by atoms with Crippen LogP contribution in [0, 0.1) is 0 Å². The molecule has 1 heterocycles. The molecule has 0 saturated heterocycles. The van der Waals surface area contributed by atoms with Gasteiger partial charge in [0.15, 0.2) is 11.9 Å². The van der Waals surface area contributed by atoms with Gasteiger partial charge in [-0.25, -0.2) is 10.9 Å². The molecule has 29 heteroatoms. The molecule has 77 heavy (non-hydrogen) atoms. The van der Waals surface area contributed by atoms with E-state index in [2.05, 4.69) is 83.0 Å². The first-order chi connectivity index (χ1) is 37.4. The van der Waals surface area contributed by atoms with E-state index in [0.29, 0.717) is 30.5 Å². The minimum absolute atomic E-state index is 0.00193. The standard InChI is InChI=1S/C37H52N12O7S.C11H21N5O3S/c1-21(48-49-24(19-50)13-14-31(38)51)33(53)45-28(16-22-8-3-2-4-9-22)35(55)44-27(12-7-15-42-37(40)41)34(54)46-29(36(56)47-30(20-57)32(39)52)17-23-18-43-26-11-6-5-10-25(23)26;1-7(18)15-9(3-2-4-14-11(12)13)10(19)16-8(5-17)6-20/h2-6,8-11,18-19,21,24,27-30,43,48-49,57H,7,12-17,20H2,1H3,(H2,38,51)(H2,39,52)(H,44,55)(H,45,53)(H,46,54)(H,47,56)(H4,40,41,42);5,8-9,20H,2-4,6H2,1H3,(H,15,18)(H,16,19)(H4,12,13,14)/t21-,24-,27-,28?,29?,30-;8-,9+/m01/s1/i19D;5D. The molecule has 27 nitrogen and oxygen atoms in total. The van der Waals surface area contributed by atoms with Crippen molar-refractivity contribution in [3.8, 4) is 0 Å². The third kappa shape index (κ3) is 25.6. The number of hydrazine groups is 1. The fourth-order valence-corrected chi connectivity index (χ4v) is 7.46. The molecule has 0 aliphatic heterocycles. The second kappa shape index (κ2) is 35.5. The number of nitrogens with zero attached hydrogens (tertiary/aromatic N) is 2. The Kier molecular flexibility index (Phi) is 28.5. The van der Waals surface area contributed by atoms with Crippen molar-refractivity contribution in [2.75, 3.05) is 24.6 Å². The highest BCUT2D eigenvalue weighted by molar-refractivity contribution is 7.80. The van der Waals surface area contributed by atoms with Gasteiger partial charge in [-0.15, -0.1) is 0 Å². The third-order valence-electron chi connectivity index (χ3n) is 11.0. The van der Waals surface area contributed by atoms with Crippen molar-refractivity contribution >= 4 is 108 Å². The Labute approximate surface area is 459 Å². The van der Waals surface area contributed by atoms with Gasteiger partial charge >= 0.3 is 0 Å². The molecule has 0 aliphatic carbocycles. The number of amides is 8. The average Bonchev–Trinajstić information content (AvgIpc) is 3.85. The van der Waals surface area contributed by atoms with Crippen molar-refractivity contribution < 1.29 is 50.7 Å². The molecule has 2 unspecified atom stereocenters. The first-order valence-corrected chi connectivity index (χ1v) is 25.4. The minimum atomic E-state index is -1.28. The average molecular weight is 1110 g/mol. The summed E-state index contributed by atoms with van der Waals surface area (Å²) in [6.45, 7) is 3.14. The predicted octanol–water partition coefficient (Wildman–Crippen LogP) is -4.17. The highest BCUT2D eigenvalue weighted by Crippen LogP contribution is 2.20. The van der Waals surface area contributed by atoms with Crippen molar-refractivity contribution in [2.24, 2.45) is 44.4 Å². The Morgan fingerprint density at radius 2 is 1.12 bits per heavy atom. The summed E-state index contributed by atoms with van der Waals surface area (Å²) in [5, 5.41) is 16.3. The van der Waals surface area contributed by atoms with Crippen molar-refractivity contribution in [3.63, 3.8) is 0 Å². The zero-order valence-electron chi connectivity index (χ0n) is 44.7. The van der Waals surface area contributed by atoms with Crippen LogP contribution in [0.3, 0.4) is 0 Å². The number of para-hydroxylation sites is 1. The lowest BCUT2D eigenvalue weighted by atomic mass is 10.0. The number of benzene rings is 2. The second-order valence-electron chi connectivity index (χ2n) is 17.3. The van der Waals surface area contributed by atoms with Crippen LogP contribution in [0.1, 0.15) is 66.2 Å². The number of aromatic nitrogens is 1. The highest BCUT2D eigenvalue weighted by Gasteiger charge is 2.32. The van der Waals surface area contributed by atoms with Crippen LogP contribution in [-0.2, 0) is 60.8 Å². The number of nitrogens with one attached hydrogen (secondary N) is 9. The molecule has 21 N–H and O–H groups in total. The number of primary amides is 2. The number of carbonyl (C=O) groups excluding carboxylic acids is 10. The molecule has 0 spiro atoms. The van der Waals surface area contributed by atoms with Crippen LogP contribution >= 0.6 is 25.3 Å². The van der Waals surface area contributed by atoms with Gasteiger partial charge in [-0.2, -0.15) is 25.3 Å². The minimum Gasteiger partial charge on any atom is -0.370 e. The molecule has 2 aromatic carbocycles. The first kappa shape index (κ1) is 61.8. The van der Waals surface area contributed by atoms with Crippen molar-refractivity contribution in [1.29, 1.82) is 0 Å². The molecule has 0 radical (unpaired) electrons. The summed E-state index contributed by atoms with van der Waals surface area (Å²) in [5.74, 6) is -5.67. The Bertz CT molecular complexity index is 2610. The molecule has 8 atom stereocenters. The maximum Gasteiger partial charge on any atom is 0.243 e. The first-order valence-electron chi connectivity index (χ1n) is 25.2. The van der Waals surface area contributed by atoms with Crippen LogP contribution in [0.4, 0.5) is 0 Å². The third-order valence-corrected chi connectivity index (χ3v) is 11.8. The zero-order chi connectivity index (χ0) is 59.2. The Balaban J connectivity index is 0.000000854. The number of fused-ring (bicyclic) bond motifs is 1. The maximum absolute atomic E-state index is 14.1. The number of hydrogen-bond donors (Lipinski definition) is 17. The van der Waals surface area contributed by atoms with E-state index >= 15 is 0 Å². The monoisotopic (exact) mass is 1110 g/mol. The second-order valence-corrected chi connectivity index (χ2v) is 18.0. The number of thiol groups is 2. The van der Waals surface area contributed by atoms with Crippen molar-refractivity contribution in [1.82, 2.24) is 47.7 Å². The normalized spacial score (nSPS) is 14.2. The van der Waals surface area contributed by atoms with Gasteiger partial charge in [-0.3, -0.25) is 48.3 Å². The number of aromatic amines is 1. The van der Waals surface area contributed by atoms with E-state index in [1.807, 2.05) is 24.3 Å². The molecule has 0 bridgehead atoms. The summed E-state index contributed by atoms with van der Waals surface area (Å²) < 4.78 is 14.5. The maximum atomic E-state index is 14.1. The van der Waals surface area contributed by atoms with Gasteiger partial charge in [0.2, 0.25) is 47.3 Å². The Morgan fingerprint density at radius 1 is 0.610 bits per heavy atom. The van der Waals surface area contributed by atoms with Crippen LogP contribution in [-0.4, -0.2) is 150 Å².